The van der Waals surface area contributed by atoms with Crippen LogP contribution in [0, 0.1) is 11.3 Å². The topological polar surface area (TPSA) is 56.3 Å². The standard InChI is InChI=1S/C28H43ClN4O3/c1-22(2)31-12-8-23(9-13-31)27(35)33-11-5-10-28(20-33,21-36-25-7-4-6-24(29)18-25)19-26(34)32-16-14-30(3)15-17-32/h4,6-7,18,22-23H,5,8-17,19-21H2,1-3H3. The molecule has 8 heteroatoms. The second-order valence-electron chi connectivity index (χ2n) is 11.4. The van der Waals surface area contributed by atoms with E-state index < -0.39 is 5.41 Å². The highest BCUT2D eigenvalue weighted by Crippen LogP contribution is 2.37. The number of rotatable bonds is 7. The van der Waals surface area contributed by atoms with Crippen LogP contribution in [0.5, 0.6) is 5.75 Å². The molecule has 1 aromatic rings. The van der Waals surface area contributed by atoms with Crippen molar-refractivity contribution in [2.45, 2.75) is 52.0 Å². The van der Waals surface area contributed by atoms with Gasteiger partial charge in [-0.2, -0.15) is 0 Å². The molecule has 3 heterocycles. The van der Waals surface area contributed by atoms with Crippen LogP contribution >= 0.6 is 11.6 Å². The number of halogens is 1. The Balaban J connectivity index is 1.45. The number of hydrogen-bond donors (Lipinski definition) is 0. The van der Waals surface area contributed by atoms with E-state index >= 15 is 0 Å². The Bertz CT molecular complexity index is 897. The third-order valence-electron chi connectivity index (χ3n) is 8.31. The molecule has 36 heavy (non-hydrogen) atoms. The summed E-state index contributed by atoms with van der Waals surface area (Å²) in [5.74, 6) is 1.23. The molecule has 3 fully saturated rings. The molecule has 4 rings (SSSR count). The average Bonchev–Trinajstić information content (AvgIpc) is 2.88. The van der Waals surface area contributed by atoms with Crippen LogP contribution < -0.4 is 4.74 Å². The predicted octanol–water partition coefficient (Wildman–Crippen LogP) is 3.61. The Morgan fingerprint density at radius 1 is 1.06 bits per heavy atom. The van der Waals surface area contributed by atoms with Crippen molar-refractivity contribution in [3.05, 3.63) is 29.3 Å². The van der Waals surface area contributed by atoms with Crippen molar-refractivity contribution in [2.75, 3.05) is 66.0 Å². The van der Waals surface area contributed by atoms with E-state index in [9.17, 15) is 9.59 Å². The summed E-state index contributed by atoms with van der Waals surface area (Å²) in [6.07, 6.45) is 4.01. The third kappa shape index (κ3) is 6.93. The number of nitrogens with zero attached hydrogens (tertiary/aromatic N) is 4. The van der Waals surface area contributed by atoms with E-state index in [0.29, 0.717) is 36.4 Å². The molecule has 7 nitrogen and oxygen atoms in total. The third-order valence-corrected chi connectivity index (χ3v) is 8.54. The SMILES string of the molecule is CC(C)N1CCC(C(=O)N2CCCC(COc3cccc(Cl)c3)(CC(=O)N3CCN(C)CC3)C2)CC1. The average molecular weight is 519 g/mol. The molecule has 0 bridgehead atoms. The Kier molecular flexibility index (Phi) is 9.18. The summed E-state index contributed by atoms with van der Waals surface area (Å²) >= 11 is 6.18. The molecule has 0 aliphatic carbocycles. The van der Waals surface area contributed by atoms with Gasteiger partial charge in [-0.1, -0.05) is 17.7 Å². The highest BCUT2D eigenvalue weighted by Gasteiger charge is 2.42. The molecule has 1 aromatic carbocycles. The van der Waals surface area contributed by atoms with Gasteiger partial charge in [0.1, 0.15) is 5.75 Å². The smallest absolute Gasteiger partial charge is 0.225 e. The van der Waals surface area contributed by atoms with Gasteiger partial charge in [0, 0.05) is 68.1 Å². The minimum atomic E-state index is -0.394. The lowest BCUT2D eigenvalue weighted by Gasteiger charge is -2.45. The van der Waals surface area contributed by atoms with Gasteiger partial charge in [0.2, 0.25) is 11.8 Å². The Morgan fingerprint density at radius 3 is 2.44 bits per heavy atom. The summed E-state index contributed by atoms with van der Waals surface area (Å²) in [6, 6.07) is 7.93. The van der Waals surface area contributed by atoms with Gasteiger partial charge in [0.05, 0.1) is 6.61 Å². The van der Waals surface area contributed by atoms with E-state index in [-0.39, 0.29) is 17.7 Å². The maximum atomic E-state index is 13.6. The molecule has 200 valence electrons. The first kappa shape index (κ1) is 27.2. The van der Waals surface area contributed by atoms with Crippen molar-refractivity contribution < 1.29 is 14.3 Å². The van der Waals surface area contributed by atoms with Crippen LogP contribution in [0.3, 0.4) is 0 Å². The van der Waals surface area contributed by atoms with E-state index in [4.69, 9.17) is 16.3 Å². The number of carbonyl (C=O) groups is 2. The molecule has 0 N–H and O–H groups in total. The number of hydrogen-bond acceptors (Lipinski definition) is 5. The van der Waals surface area contributed by atoms with Crippen LogP contribution in [-0.2, 0) is 9.59 Å². The second kappa shape index (κ2) is 12.1. The first-order valence-corrected chi connectivity index (χ1v) is 14.0. The molecule has 0 radical (unpaired) electrons. The summed E-state index contributed by atoms with van der Waals surface area (Å²) in [7, 11) is 2.10. The molecule has 1 unspecified atom stereocenters. The van der Waals surface area contributed by atoms with Gasteiger partial charge in [-0.3, -0.25) is 9.59 Å². The van der Waals surface area contributed by atoms with Crippen molar-refractivity contribution in [3.63, 3.8) is 0 Å². The fraction of sp³-hybridized carbons (Fsp3) is 0.714. The number of piperidine rings is 2. The highest BCUT2D eigenvalue weighted by atomic mass is 35.5. The van der Waals surface area contributed by atoms with Crippen LogP contribution in [0.2, 0.25) is 5.02 Å². The number of likely N-dealkylation sites (N-methyl/N-ethyl adjacent to an activating group) is 1. The van der Waals surface area contributed by atoms with Crippen molar-refractivity contribution in [1.82, 2.24) is 19.6 Å². The van der Waals surface area contributed by atoms with Gasteiger partial charge >= 0.3 is 0 Å². The Morgan fingerprint density at radius 2 is 1.78 bits per heavy atom. The lowest BCUT2D eigenvalue weighted by Crippen LogP contribution is -2.54. The van der Waals surface area contributed by atoms with Gasteiger partial charge < -0.3 is 24.3 Å². The number of piperazine rings is 1. The maximum absolute atomic E-state index is 13.6. The molecular formula is C28H43ClN4O3. The number of benzene rings is 1. The molecule has 1 atom stereocenters. The maximum Gasteiger partial charge on any atom is 0.225 e. The quantitative estimate of drug-likeness (QED) is 0.552. The largest absolute Gasteiger partial charge is 0.493 e. The summed E-state index contributed by atoms with van der Waals surface area (Å²) in [5, 5.41) is 0.628. The van der Waals surface area contributed by atoms with Gasteiger partial charge in [-0.15, -0.1) is 0 Å². The van der Waals surface area contributed by atoms with Crippen LogP contribution in [-0.4, -0.2) is 103 Å². The van der Waals surface area contributed by atoms with E-state index in [1.165, 1.54) is 0 Å². The minimum Gasteiger partial charge on any atom is -0.493 e. The zero-order chi connectivity index (χ0) is 25.7. The van der Waals surface area contributed by atoms with Gasteiger partial charge in [0.25, 0.3) is 0 Å². The normalized spacial score (nSPS) is 24.8. The van der Waals surface area contributed by atoms with Crippen LogP contribution in [0.4, 0.5) is 0 Å². The molecular weight excluding hydrogens is 476 g/mol. The molecule has 2 amide bonds. The van der Waals surface area contributed by atoms with E-state index in [2.05, 4.69) is 30.7 Å². The van der Waals surface area contributed by atoms with Crippen molar-refractivity contribution in [3.8, 4) is 5.75 Å². The fourth-order valence-corrected chi connectivity index (χ4v) is 6.09. The number of ether oxygens (including phenoxy) is 1. The first-order chi connectivity index (χ1) is 17.2. The second-order valence-corrected chi connectivity index (χ2v) is 11.8. The fourth-order valence-electron chi connectivity index (χ4n) is 5.91. The van der Waals surface area contributed by atoms with Gasteiger partial charge in [0.15, 0.2) is 0 Å². The van der Waals surface area contributed by atoms with Crippen LogP contribution in [0.1, 0.15) is 46.0 Å². The summed E-state index contributed by atoms with van der Waals surface area (Å²) < 4.78 is 6.24. The number of likely N-dealkylation sites (tertiary alicyclic amines) is 2. The van der Waals surface area contributed by atoms with Crippen molar-refractivity contribution in [1.29, 1.82) is 0 Å². The number of carbonyl (C=O) groups excluding carboxylic acids is 2. The molecule has 3 aliphatic rings. The van der Waals surface area contributed by atoms with Crippen molar-refractivity contribution in [2.24, 2.45) is 11.3 Å². The van der Waals surface area contributed by atoms with E-state index in [1.54, 1.807) is 0 Å². The lowest BCUT2D eigenvalue weighted by atomic mass is 9.76. The first-order valence-electron chi connectivity index (χ1n) is 13.6. The molecule has 3 saturated heterocycles. The predicted molar refractivity (Wildman–Crippen MR) is 143 cm³/mol. The Hall–Kier alpha value is -1.83. The lowest BCUT2D eigenvalue weighted by molar-refractivity contribution is -0.145. The van der Waals surface area contributed by atoms with E-state index in [0.717, 1.165) is 71.5 Å². The zero-order valence-corrected chi connectivity index (χ0v) is 23.0. The monoisotopic (exact) mass is 518 g/mol. The molecule has 0 aromatic heterocycles. The van der Waals surface area contributed by atoms with Crippen LogP contribution in [0.25, 0.3) is 0 Å². The zero-order valence-electron chi connectivity index (χ0n) is 22.3. The summed E-state index contributed by atoms with van der Waals surface area (Å²) in [4.78, 5) is 35.8. The van der Waals surface area contributed by atoms with Crippen molar-refractivity contribution >= 4 is 23.4 Å². The van der Waals surface area contributed by atoms with Crippen LogP contribution in [0.15, 0.2) is 24.3 Å². The van der Waals surface area contributed by atoms with Gasteiger partial charge in [-0.25, -0.2) is 0 Å². The molecule has 0 spiro atoms. The highest BCUT2D eigenvalue weighted by molar-refractivity contribution is 6.30. The number of amides is 2. The summed E-state index contributed by atoms with van der Waals surface area (Å²) in [5.41, 5.74) is -0.394. The van der Waals surface area contributed by atoms with E-state index in [1.807, 2.05) is 34.1 Å². The van der Waals surface area contributed by atoms with Gasteiger partial charge in [-0.05, 0) is 77.9 Å². The molecule has 0 saturated carbocycles. The Labute approximate surface area is 221 Å². The minimum absolute atomic E-state index is 0.0815. The molecule has 3 aliphatic heterocycles. The summed E-state index contributed by atoms with van der Waals surface area (Å²) in [6.45, 7) is 11.5.